The Hall–Kier alpha value is -5.82. The second kappa shape index (κ2) is 21.2. The second-order valence-corrected chi connectivity index (χ2v) is 17.0. The van der Waals surface area contributed by atoms with Crippen molar-refractivity contribution < 1.29 is 37.5 Å². The summed E-state index contributed by atoms with van der Waals surface area (Å²) in [6.45, 7) is 8.49. The van der Waals surface area contributed by atoms with Crippen LogP contribution in [0, 0.1) is 11.3 Å². The molecule has 1 aliphatic heterocycles. The van der Waals surface area contributed by atoms with Crippen molar-refractivity contribution in [3.05, 3.63) is 144 Å². The van der Waals surface area contributed by atoms with Crippen molar-refractivity contribution >= 4 is 31.4 Å². The maximum atomic E-state index is 13.3. The molecule has 1 N–H and O–H groups in total. The maximum Gasteiger partial charge on any atom is 0.259 e. The molecule has 15 nitrogen and oxygen atoms in total. The number of ether oxygens (including phenoxy) is 5. The fourth-order valence-electron chi connectivity index (χ4n) is 8.04. The van der Waals surface area contributed by atoms with Gasteiger partial charge in [-0.25, -0.2) is 19.6 Å². The summed E-state index contributed by atoms with van der Waals surface area (Å²) in [7, 11) is 3.10. The molecule has 334 valence electrons. The molecule has 0 bridgehead atoms. The number of carbonyl (C=O) groups excluding carboxylic acids is 1. The summed E-state index contributed by atoms with van der Waals surface area (Å²) in [4.78, 5) is 27.0. The van der Waals surface area contributed by atoms with E-state index < -0.39 is 38.7 Å². The average Bonchev–Trinajstić information content (AvgIpc) is 3.91. The number of benzene rings is 4. The monoisotopic (exact) mass is 887 g/mol. The van der Waals surface area contributed by atoms with Gasteiger partial charge in [-0.3, -0.25) is 9.36 Å². The van der Waals surface area contributed by atoms with E-state index in [1.165, 1.54) is 6.33 Å². The molecule has 4 aromatic carbocycles. The first-order chi connectivity index (χ1) is 31.1. The number of rotatable bonds is 20. The number of nitrogens with one attached hydrogen (secondary N) is 1. The summed E-state index contributed by atoms with van der Waals surface area (Å²) in [5.74, 6) is 1.29. The molecule has 2 aromatic heterocycles. The average molecular weight is 888 g/mol. The van der Waals surface area contributed by atoms with Crippen molar-refractivity contribution in [3.63, 3.8) is 0 Å². The number of imidazole rings is 1. The summed E-state index contributed by atoms with van der Waals surface area (Å²) in [5.41, 5.74) is 2.63. The van der Waals surface area contributed by atoms with Crippen LogP contribution < -0.4 is 14.8 Å². The predicted octanol–water partition coefficient (Wildman–Crippen LogP) is 8.68. The van der Waals surface area contributed by atoms with Crippen LogP contribution in [0.1, 0.15) is 67.4 Å². The van der Waals surface area contributed by atoms with Crippen LogP contribution in [0.2, 0.25) is 0 Å². The molecule has 1 fully saturated rings. The molecule has 3 heterocycles. The molecule has 0 aliphatic carbocycles. The van der Waals surface area contributed by atoms with Gasteiger partial charge in [0.25, 0.3) is 14.4 Å². The van der Waals surface area contributed by atoms with Gasteiger partial charge in [0.05, 0.1) is 46.3 Å². The van der Waals surface area contributed by atoms with Crippen LogP contribution in [0.25, 0.3) is 11.2 Å². The lowest BCUT2D eigenvalue weighted by molar-refractivity contribution is -0.0981. The summed E-state index contributed by atoms with van der Waals surface area (Å²) in [5, 5.41) is 12.4. The standard InChI is InChI=1S/C48H54N7O8P/c1-32(2)55(33(3)4)64(61-28-14-27-49)63-43-42(59-7)40(62-47(43)54-31-52-41-44(50-30-51-45(41)54)53-46(56)34-15-10-8-11-16-34)29-60-48(35-17-12-9-13-18-35,36-19-23-38(57-5)24-20-36)37-21-25-39(58-6)26-22-37/h8-13,15-26,30-33,40,42-43,47H,14,28-29H2,1-7H3,(H,50,51,53,56)/t40-,42-,43-,47-,64?/m1/s1. The quantitative estimate of drug-likeness (QED) is 0.0440. The van der Waals surface area contributed by atoms with Crippen LogP contribution in [-0.2, 0) is 28.9 Å². The van der Waals surface area contributed by atoms with Crippen LogP contribution in [0.3, 0.4) is 0 Å². The molecule has 0 saturated carbocycles. The van der Waals surface area contributed by atoms with E-state index in [9.17, 15) is 10.1 Å². The first kappa shape index (κ1) is 46.2. The highest BCUT2D eigenvalue weighted by Crippen LogP contribution is 2.52. The molecule has 1 amide bonds. The summed E-state index contributed by atoms with van der Waals surface area (Å²) in [6.07, 6.45) is -0.0375. The van der Waals surface area contributed by atoms with Gasteiger partial charge in [0, 0.05) is 24.8 Å². The van der Waals surface area contributed by atoms with E-state index in [1.54, 1.807) is 56.5 Å². The molecule has 6 aromatic rings. The zero-order valence-electron chi connectivity index (χ0n) is 37.0. The molecular formula is C48H54N7O8P. The molecule has 16 heteroatoms. The number of hydrogen-bond acceptors (Lipinski definition) is 13. The summed E-state index contributed by atoms with van der Waals surface area (Å²) < 4.78 is 49.4. The van der Waals surface area contributed by atoms with Crippen LogP contribution in [0.15, 0.2) is 122 Å². The Morgan fingerprint density at radius 1 is 0.828 bits per heavy atom. The number of fused-ring (bicyclic) bond motifs is 1. The number of amides is 1. The van der Waals surface area contributed by atoms with Crippen molar-refractivity contribution in [1.29, 1.82) is 5.26 Å². The van der Waals surface area contributed by atoms with Crippen LogP contribution in [0.4, 0.5) is 5.82 Å². The van der Waals surface area contributed by atoms with Crippen molar-refractivity contribution in [2.45, 2.75) is 76.3 Å². The van der Waals surface area contributed by atoms with Gasteiger partial charge in [0.1, 0.15) is 41.7 Å². The van der Waals surface area contributed by atoms with Gasteiger partial charge in [0.15, 0.2) is 23.2 Å². The van der Waals surface area contributed by atoms with Gasteiger partial charge in [-0.15, -0.1) is 0 Å². The van der Waals surface area contributed by atoms with Gasteiger partial charge < -0.3 is 38.0 Å². The SMILES string of the molecule is COc1ccc(C(OC[C@H]2O[C@@H](n3cnc4c(NC(=O)c5ccccc5)ncnc43)[C@H](OP(OCCC#N)N(C(C)C)C(C)C)[C@@H]2OC)(c2ccccc2)c2ccc(OC)cc2)cc1. The van der Waals surface area contributed by atoms with E-state index in [2.05, 4.69) is 53.7 Å². The smallest absolute Gasteiger partial charge is 0.259 e. The van der Waals surface area contributed by atoms with E-state index in [0.717, 1.165) is 16.7 Å². The minimum absolute atomic E-state index is 0.0205. The summed E-state index contributed by atoms with van der Waals surface area (Å²) >= 11 is 0. The first-order valence-corrected chi connectivity index (χ1v) is 22.2. The van der Waals surface area contributed by atoms with Gasteiger partial charge in [-0.05, 0) is 80.8 Å². The number of carbonyl (C=O) groups is 1. The predicted molar refractivity (Wildman–Crippen MR) is 243 cm³/mol. The Kier molecular flexibility index (Phi) is 15.3. The lowest BCUT2D eigenvalue weighted by atomic mass is 9.80. The zero-order chi connectivity index (χ0) is 45.2. The highest BCUT2D eigenvalue weighted by atomic mass is 31.2. The third-order valence-electron chi connectivity index (χ3n) is 11.0. The minimum atomic E-state index is -1.78. The van der Waals surface area contributed by atoms with Crippen molar-refractivity contribution in [3.8, 4) is 17.6 Å². The van der Waals surface area contributed by atoms with E-state index in [0.29, 0.717) is 28.2 Å². The third kappa shape index (κ3) is 9.79. The van der Waals surface area contributed by atoms with Crippen LogP contribution in [0.5, 0.6) is 11.5 Å². The van der Waals surface area contributed by atoms with Gasteiger partial charge in [-0.2, -0.15) is 5.26 Å². The molecule has 1 aliphatic rings. The number of methoxy groups -OCH3 is 3. The van der Waals surface area contributed by atoms with Crippen molar-refractivity contribution in [2.24, 2.45) is 0 Å². The fourth-order valence-corrected chi connectivity index (χ4v) is 9.78. The molecule has 7 rings (SSSR count). The van der Waals surface area contributed by atoms with E-state index in [4.69, 9.17) is 37.7 Å². The van der Waals surface area contributed by atoms with E-state index in [1.807, 2.05) is 84.9 Å². The maximum absolute atomic E-state index is 13.3. The van der Waals surface area contributed by atoms with Crippen molar-refractivity contribution in [2.75, 3.05) is 39.9 Å². The Balaban J connectivity index is 1.32. The topological polar surface area (TPSA) is 164 Å². The lowest BCUT2D eigenvalue weighted by Gasteiger charge is -2.38. The van der Waals surface area contributed by atoms with Gasteiger partial charge in [0.2, 0.25) is 0 Å². The minimum Gasteiger partial charge on any atom is -0.497 e. The second-order valence-electron chi connectivity index (χ2n) is 15.6. The fraction of sp³-hybridized carbons (Fsp3) is 0.354. The van der Waals surface area contributed by atoms with Gasteiger partial charge >= 0.3 is 0 Å². The molecule has 0 spiro atoms. The van der Waals surface area contributed by atoms with Gasteiger partial charge in [-0.1, -0.05) is 72.8 Å². The van der Waals surface area contributed by atoms with E-state index in [-0.39, 0.29) is 43.4 Å². The van der Waals surface area contributed by atoms with Crippen LogP contribution >= 0.6 is 8.53 Å². The number of nitriles is 1. The third-order valence-corrected chi connectivity index (χ3v) is 13.1. The Morgan fingerprint density at radius 2 is 1.42 bits per heavy atom. The molecule has 1 saturated heterocycles. The summed E-state index contributed by atoms with van der Waals surface area (Å²) in [6, 6.07) is 36.7. The highest BCUT2D eigenvalue weighted by molar-refractivity contribution is 7.44. The van der Waals surface area contributed by atoms with E-state index >= 15 is 0 Å². The Labute approximate surface area is 375 Å². The number of aromatic nitrogens is 4. The largest absolute Gasteiger partial charge is 0.497 e. The molecule has 0 radical (unpaired) electrons. The Bertz CT molecular complexity index is 2410. The first-order valence-electron chi connectivity index (χ1n) is 21.1. The number of nitrogens with zero attached hydrogens (tertiary/aromatic N) is 6. The number of hydrogen-bond donors (Lipinski definition) is 1. The lowest BCUT2D eigenvalue weighted by Crippen LogP contribution is -2.42. The zero-order valence-corrected chi connectivity index (χ0v) is 37.9. The van der Waals surface area contributed by atoms with Crippen molar-refractivity contribution in [1.82, 2.24) is 24.2 Å². The Morgan fingerprint density at radius 3 is 1.98 bits per heavy atom. The normalized spacial score (nSPS) is 18.1. The molecule has 5 atom stereocenters. The molecular weight excluding hydrogens is 834 g/mol. The highest BCUT2D eigenvalue weighted by Gasteiger charge is 2.51. The molecule has 64 heavy (non-hydrogen) atoms. The molecule has 1 unspecified atom stereocenters. The number of anilines is 1. The van der Waals surface area contributed by atoms with Crippen LogP contribution in [-0.4, -0.2) is 95.0 Å².